The average Bonchev–Trinajstić information content (AvgIpc) is 3.11. The first kappa shape index (κ1) is 13.5. The smallest absolute Gasteiger partial charge is 0.147 e. The molecule has 0 amide bonds. The van der Waals surface area contributed by atoms with Crippen molar-refractivity contribution < 1.29 is 9.13 Å². The van der Waals surface area contributed by atoms with Gasteiger partial charge in [0.05, 0.1) is 36.6 Å². The van der Waals surface area contributed by atoms with Crippen molar-refractivity contribution in [1.82, 2.24) is 9.55 Å². The number of halogens is 2. The van der Waals surface area contributed by atoms with E-state index in [1.807, 2.05) is 0 Å². The average molecular weight is 296 g/mol. The molecule has 2 N–H and O–H groups in total. The second-order valence-electron chi connectivity index (χ2n) is 4.93. The Balaban J connectivity index is 1.99. The van der Waals surface area contributed by atoms with E-state index in [4.69, 9.17) is 22.1 Å². The molecule has 2 unspecified atom stereocenters. The van der Waals surface area contributed by atoms with E-state index in [1.54, 1.807) is 23.2 Å². The predicted octanol–water partition coefficient (Wildman–Crippen LogP) is 2.70. The monoisotopic (exact) mass is 295 g/mol. The minimum Gasteiger partial charge on any atom is -0.381 e. The van der Waals surface area contributed by atoms with Crippen LogP contribution >= 0.6 is 11.6 Å². The second-order valence-corrected chi connectivity index (χ2v) is 5.37. The highest BCUT2D eigenvalue weighted by molar-refractivity contribution is 6.30. The normalized spacial score (nSPS) is 20.2. The number of hydrogen-bond donors (Lipinski definition) is 1. The van der Waals surface area contributed by atoms with Crippen LogP contribution in [0.4, 0.5) is 4.39 Å². The minimum absolute atomic E-state index is 0.229. The van der Waals surface area contributed by atoms with Crippen LogP contribution in [0.15, 0.2) is 30.7 Å². The Morgan fingerprint density at radius 3 is 3.10 bits per heavy atom. The maximum Gasteiger partial charge on any atom is 0.147 e. The van der Waals surface area contributed by atoms with Gasteiger partial charge in [0.2, 0.25) is 0 Å². The summed E-state index contributed by atoms with van der Waals surface area (Å²) in [7, 11) is 0. The fraction of sp³-hybridized carbons (Fsp3) is 0.357. The van der Waals surface area contributed by atoms with E-state index >= 15 is 0 Å². The molecule has 2 aromatic rings. The third-order valence-corrected chi connectivity index (χ3v) is 3.88. The molecule has 0 spiro atoms. The van der Waals surface area contributed by atoms with Gasteiger partial charge in [-0.2, -0.15) is 0 Å². The number of ether oxygens (including phenoxy) is 1. The molecule has 0 saturated carbocycles. The van der Waals surface area contributed by atoms with Crippen molar-refractivity contribution >= 4 is 11.6 Å². The minimum atomic E-state index is -0.358. The summed E-state index contributed by atoms with van der Waals surface area (Å²) >= 11 is 5.94. The predicted molar refractivity (Wildman–Crippen MR) is 74.4 cm³/mol. The Morgan fingerprint density at radius 1 is 1.50 bits per heavy atom. The van der Waals surface area contributed by atoms with E-state index in [2.05, 4.69) is 4.98 Å². The highest BCUT2D eigenvalue weighted by Gasteiger charge is 2.27. The lowest BCUT2D eigenvalue weighted by Gasteiger charge is -2.19. The van der Waals surface area contributed by atoms with Gasteiger partial charge in [0.1, 0.15) is 5.82 Å². The number of nitrogens with zero attached hydrogens (tertiary/aromatic N) is 2. The quantitative estimate of drug-likeness (QED) is 0.947. The summed E-state index contributed by atoms with van der Waals surface area (Å²) in [5.74, 6) is -0.129. The number of rotatable bonds is 3. The van der Waals surface area contributed by atoms with E-state index in [9.17, 15) is 4.39 Å². The van der Waals surface area contributed by atoms with Crippen molar-refractivity contribution in [2.75, 3.05) is 13.2 Å². The van der Waals surface area contributed by atoms with Crippen LogP contribution in [0, 0.1) is 11.7 Å². The highest BCUT2D eigenvalue weighted by Crippen LogP contribution is 2.29. The van der Waals surface area contributed by atoms with E-state index < -0.39 is 0 Å². The van der Waals surface area contributed by atoms with E-state index in [-0.39, 0.29) is 17.8 Å². The van der Waals surface area contributed by atoms with Gasteiger partial charge < -0.3 is 10.5 Å². The standard InChI is InChI=1S/C14H15ClFN3O/c15-10-1-2-11(16)12(5-10)19-8-18-6-13(19)14(17)9-3-4-20-7-9/h1-2,5-6,8-9,14H,3-4,7,17H2. The molecule has 3 rings (SSSR count). The van der Waals surface area contributed by atoms with Crippen LogP contribution in [0.1, 0.15) is 18.2 Å². The molecule has 1 saturated heterocycles. The summed E-state index contributed by atoms with van der Waals surface area (Å²) in [6, 6.07) is 4.19. The topological polar surface area (TPSA) is 53.1 Å². The van der Waals surface area contributed by atoms with Gasteiger partial charge >= 0.3 is 0 Å². The van der Waals surface area contributed by atoms with Gasteiger partial charge in [-0.25, -0.2) is 9.37 Å². The molecule has 0 aliphatic carbocycles. The molecule has 2 atom stereocenters. The Morgan fingerprint density at radius 2 is 2.35 bits per heavy atom. The van der Waals surface area contributed by atoms with Crippen LogP contribution in [-0.4, -0.2) is 22.8 Å². The van der Waals surface area contributed by atoms with E-state index in [0.29, 0.717) is 17.3 Å². The number of hydrogen-bond acceptors (Lipinski definition) is 3. The Kier molecular flexibility index (Phi) is 3.74. The molecule has 1 aromatic heterocycles. The van der Waals surface area contributed by atoms with Crippen molar-refractivity contribution in [3.05, 3.63) is 47.3 Å². The number of nitrogens with two attached hydrogens (primary N) is 1. The van der Waals surface area contributed by atoms with Crippen LogP contribution in [0.2, 0.25) is 5.02 Å². The fourth-order valence-electron chi connectivity index (χ4n) is 2.50. The highest BCUT2D eigenvalue weighted by atomic mass is 35.5. The third kappa shape index (κ3) is 2.44. The van der Waals surface area contributed by atoms with E-state index in [1.165, 1.54) is 12.1 Å². The van der Waals surface area contributed by atoms with Crippen LogP contribution in [-0.2, 0) is 4.74 Å². The lowest BCUT2D eigenvalue weighted by Crippen LogP contribution is -2.24. The van der Waals surface area contributed by atoms with E-state index in [0.717, 1.165) is 18.7 Å². The van der Waals surface area contributed by atoms with Gasteiger partial charge in [-0.15, -0.1) is 0 Å². The molecule has 2 heterocycles. The van der Waals surface area contributed by atoms with Gasteiger partial charge in [0, 0.05) is 17.5 Å². The first-order valence-corrected chi connectivity index (χ1v) is 6.85. The Hall–Kier alpha value is -1.43. The molecule has 0 bridgehead atoms. The lowest BCUT2D eigenvalue weighted by molar-refractivity contribution is 0.180. The second kappa shape index (κ2) is 5.52. The van der Waals surface area contributed by atoms with Gasteiger partial charge in [-0.05, 0) is 24.6 Å². The van der Waals surface area contributed by atoms with Crippen molar-refractivity contribution in [2.45, 2.75) is 12.5 Å². The summed E-state index contributed by atoms with van der Waals surface area (Å²) < 4.78 is 21.0. The fourth-order valence-corrected chi connectivity index (χ4v) is 2.67. The maximum absolute atomic E-state index is 14.0. The summed E-state index contributed by atoms with van der Waals surface area (Å²) in [6.45, 7) is 1.35. The zero-order chi connectivity index (χ0) is 14.1. The zero-order valence-electron chi connectivity index (χ0n) is 10.8. The molecule has 20 heavy (non-hydrogen) atoms. The molecule has 1 aromatic carbocycles. The molecular formula is C14H15ClFN3O. The molecule has 1 aliphatic heterocycles. The summed E-state index contributed by atoms with van der Waals surface area (Å²) in [4.78, 5) is 4.09. The van der Waals surface area contributed by atoms with Crippen LogP contribution in [0.25, 0.3) is 5.69 Å². The third-order valence-electron chi connectivity index (χ3n) is 3.65. The van der Waals surface area contributed by atoms with Gasteiger partial charge in [-0.3, -0.25) is 4.57 Å². The van der Waals surface area contributed by atoms with Crippen LogP contribution in [0.5, 0.6) is 0 Å². The lowest BCUT2D eigenvalue weighted by atomic mass is 9.97. The van der Waals surface area contributed by atoms with Crippen molar-refractivity contribution in [1.29, 1.82) is 0 Å². The number of aromatic nitrogens is 2. The van der Waals surface area contributed by atoms with Crippen LogP contribution < -0.4 is 5.73 Å². The molecule has 0 radical (unpaired) electrons. The van der Waals surface area contributed by atoms with Gasteiger partial charge in [0.15, 0.2) is 0 Å². The van der Waals surface area contributed by atoms with Crippen LogP contribution in [0.3, 0.4) is 0 Å². The van der Waals surface area contributed by atoms with Crippen molar-refractivity contribution in [3.63, 3.8) is 0 Å². The first-order valence-electron chi connectivity index (χ1n) is 6.48. The largest absolute Gasteiger partial charge is 0.381 e. The SMILES string of the molecule is NC(c1cncn1-c1cc(Cl)ccc1F)C1CCOC1. The molecule has 106 valence electrons. The molecular weight excluding hydrogens is 281 g/mol. The molecule has 1 fully saturated rings. The van der Waals surface area contributed by atoms with Crippen molar-refractivity contribution in [2.24, 2.45) is 11.7 Å². The first-order chi connectivity index (χ1) is 9.66. The van der Waals surface area contributed by atoms with Gasteiger partial charge in [-0.1, -0.05) is 11.6 Å². The number of imidazole rings is 1. The molecule has 6 heteroatoms. The van der Waals surface area contributed by atoms with Crippen molar-refractivity contribution in [3.8, 4) is 5.69 Å². The molecule has 4 nitrogen and oxygen atoms in total. The summed E-state index contributed by atoms with van der Waals surface area (Å²) in [5, 5.41) is 0.471. The number of benzene rings is 1. The summed E-state index contributed by atoms with van der Waals surface area (Å²) in [5.41, 5.74) is 7.40. The Labute approximate surface area is 121 Å². The summed E-state index contributed by atoms with van der Waals surface area (Å²) in [6.07, 6.45) is 4.13. The molecule has 1 aliphatic rings. The van der Waals surface area contributed by atoms with Gasteiger partial charge in [0.25, 0.3) is 0 Å². The Bertz CT molecular complexity index is 610. The maximum atomic E-state index is 14.0. The zero-order valence-corrected chi connectivity index (χ0v) is 11.6.